The van der Waals surface area contributed by atoms with Gasteiger partial charge in [0.05, 0.1) is 11.9 Å². The number of rotatable bonds is 3. The normalized spacial score (nSPS) is 10.0. The molecule has 0 radical (unpaired) electrons. The molecule has 2 rings (SSSR count). The summed E-state index contributed by atoms with van der Waals surface area (Å²) in [4.78, 5) is 26.1. The molecule has 102 valence electrons. The summed E-state index contributed by atoms with van der Waals surface area (Å²) in [6, 6.07) is 6.11. The molecule has 2 aromatic rings. The van der Waals surface area contributed by atoms with Gasteiger partial charge in [0.1, 0.15) is 17.2 Å². The Morgan fingerprint density at radius 2 is 1.70 bits per heavy atom. The number of aromatic carboxylic acids is 1. The number of carbonyl (C=O) groups is 2. The number of hydrogen-bond acceptors (Lipinski definition) is 5. The minimum absolute atomic E-state index is 0.0600. The van der Waals surface area contributed by atoms with Gasteiger partial charge in [-0.3, -0.25) is 4.79 Å². The van der Waals surface area contributed by atoms with Gasteiger partial charge in [0.25, 0.3) is 5.91 Å². The quantitative estimate of drug-likeness (QED) is 0.672. The highest BCUT2D eigenvalue weighted by molar-refractivity contribution is 6.04. The van der Waals surface area contributed by atoms with Crippen molar-refractivity contribution in [3.8, 4) is 11.5 Å². The molecule has 1 amide bonds. The number of aromatic nitrogens is 1. The summed E-state index contributed by atoms with van der Waals surface area (Å²) in [5, 5.41) is 29.7. The van der Waals surface area contributed by atoms with Crippen molar-refractivity contribution in [3.05, 3.63) is 47.8 Å². The SMILES string of the molecule is O=C(Nc1ccc(C(=O)O)nc1)c1cc(O)cc(O)c1. The number of pyridine rings is 1. The number of aromatic hydroxyl groups is 2. The monoisotopic (exact) mass is 274 g/mol. The van der Waals surface area contributed by atoms with Crippen molar-refractivity contribution in [2.45, 2.75) is 0 Å². The zero-order valence-electron chi connectivity index (χ0n) is 10.1. The van der Waals surface area contributed by atoms with E-state index in [1.54, 1.807) is 0 Å². The first kappa shape index (κ1) is 13.3. The maximum atomic E-state index is 11.9. The summed E-state index contributed by atoms with van der Waals surface area (Å²) in [7, 11) is 0. The lowest BCUT2D eigenvalue weighted by Gasteiger charge is -2.06. The van der Waals surface area contributed by atoms with E-state index in [1.165, 1.54) is 30.5 Å². The summed E-state index contributed by atoms with van der Waals surface area (Å²) in [5.74, 6) is -2.22. The molecule has 7 heteroatoms. The second-order valence-electron chi connectivity index (χ2n) is 3.93. The maximum absolute atomic E-state index is 11.9. The van der Waals surface area contributed by atoms with Crippen molar-refractivity contribution >= 4 is 17.6 Å². The molecule has 0 aliphatic carbocycles. The standard InChI is InChI=1S/C13H10N2O5/c16-9-3-7(4-10(17)5-9)12(18)15-8-1-2-11(13(19)20)14-6-8/h1-6,16-17H,(H,15,18)(H,19,20). The number of anilines is 1. The number of carboxylic acids is 1. The lowest BCUT2D eigenvalue weighted by atomic mass is 10.2. The summed E-state index contributed by atoms with van der Waals surface area (Å²) in [6.45, 7) is 0. The third-order valence-corrected chi connectivity index (χ3v) is 2.41. The second-order valence-corrected chi connectivity index (χ2v) is 3.93. The minimum Gasteiger partial charge on any atom is -0.508 e. The van der Waals surface area contributed by atoms with Gasteiger partial charge in [-0.2, -0.15) is 0 Å². The van der Waals surface area contributed by atoms with Gasteiger partial charge in [0.15, 0.2) is 0 Å². The predicted octanol–water partition coefficient (Wildman–Crippen LogP) is 1.44. The van der Waals surface area contributed by atoms with E-state index in [2.05, 4.69) is 10.3 Å². The summed E-state index contributed by atoms with van der Waals surface area (Å²) >= 11 is 0. The Labute approximate surface area is 113 Å². The van der Waals surface area contributed by atoms with Crippen LogP contribution in [0.1, 0.15) is 20.8 Å². The smallest absolute Gasteiger partial charge is 0.354 e. The Bertz CT molecular complexity index is 647. The molecule has 1 aromatic heterocycles. The predicted molar refractivity (Wildman–Crippen MR) is 68.9 cm³/mol. The average molecular weight is 274 g/mol. The van der Waals surface area contributed by atoms with E-state index in [1.807, 2.05) is 0 Å². The molecule has 0 bridgehead atoms. The second kappa shape index (κ2) is 5.27. The molecule has 4 N–H and O–H groups in total. The van der Waals surface area contributed by atoms with Gasteiger partial charge in [-0.1, -0.05) is 0 Å². The molecule has 1 heterocycles. The average Bonchev–Trinajstić information content (AvgIpc) is 2.38. The van der Waals surface area contributed by atoms with Gasteiger partial charge in [-0.25, -0.2) is 9.78 Å². The number of hydrogen-bond donors (Lipinski definition) is 4. The van der Waals surface area contributed by atoms with E-state index in [0.717, 1.165) is 6.07 Å². The van der Waals surface area contributed by atoms with E-state index >= 15 is 0 Å². The van der Waals surface area contributed by atoms with Gasteiger partial charge < -0.3 is 20.6 Å². The number of amides is 1. The minimum atomic E-state index is -1.17. The lowest BCUT2D eigenvalue weighted by Crippen LogP contribution is -2.12. The van der Waals surface area contributed by atoms with Crippen LogP contribution < -0.4 is 5.32 Å². The van der Waals surface area contributed by atoms with Crippen LogP contribution in [0.3, 0.4) is 0 Å². The fourth-order valence-electron chi connectivity index (χ4n) is 1.52. The number of carbonyl (C=O) groups excluding carboxylic acids is 1. The Hall–Kier alpha value is -3.09. The molecule has 0 unspecified atom stereocenters. The highest BCUT2D eigenvalue weighted by Gasteiger charge is 2.10. The number of phenolic OH excluding ortho intramolecular Hbond substituents is 2. The number of carboxylic acid groups (broad SMARTS) is 1. The first-order valence-electron chi connectivity index (χ1n) is 5.49. The van der Waals surface area contributed by atoms with Crippen LogP contribution in [0.4, 0.5) is 5.69 Å². The maximum Gasteiger partial charge on any atom is 0.354 e. The van der Waals surface area contributed by atoms with Crippen LogP contribution in [0, 0.1) is 0 Å². The van der Waals surface area contributed by atoms with Crippen LogP contribution in [-0.2, 0) is 0 Å². The molecular formula is C13H10N2O5. The van der Waals surface area contributed by atoms with E-state index < -0.39 is 11.9 Å². The first-order valence-corrected chi connectivity index (χ1v) is 5.49. The summed E-state index contributed by atoms with van der Waals surface area (Å²) in [5.41, 5.74) is 0.214. The van der Waals surface area contributed by atoms with Gasteiger partial charge in [-0.15, -0.1) is 0 Å². The molecule has 0 saturated heterocycles. The van der Waals surface area contributed by atoms with Gasteiger partial charge in [-0.05, 0) is 24.3 Å². The van der Waals surface area contributed by atoms with Crippen LogP contribution in [-0.4, -0.2) is 32.2 Å². The Kier molecular flexibility index (Phi) is 3.52. The summed E-state index contributed by atoms with van der Waals surface area (Å²) in [6.07, 6.45) is 1.20. The fraction of sp³-hybridized carbons (Fsp3) is 0. The van der Waals surface area contributed by atoms with E-state index in [0.29, 0.717) is 5.69 Å². The molecule has 0 aliphatic rings. The number of phenols is 2. The number of benzene rings is 1. The van der Waals surface area contributed by atoms with Crippen LogP contribution in [0.15, 0.2) is 36.5 Å². The zero-order chi connectivity index (χ0) is 14.7. The molecule has 0 aliphatic heterocycles. The number of nitrogens with one attached hydrogen (secondary N) is 1. The van der Waals surface area contributed by atoms with Crippen molar-refractivity contribution < 1.29 is 24.9 Å². The molecule has 20 heavy (non-hydrogen) atoms. The molecular weight excluding hydrogens is 264 g/mol. The molecule has 0 spiro atoms. The fourth-order valence-corrected chi connectivity index (χ4v) is 1.52. The molecule has 1 aromatic carbocycles. The molecule has 0 saturated carbocycles. The third kappa shape index (κ3) is 3.02. The van der Waals surface area contributed by atoms with Gasteiger partial charge in [0, 0.05) is 11.6 Å². The van der Waals surface area contributed by atoms with E-state index in [-0.39, 0.29) is 22.8 Å². The van der Waals surface area contributed by atoms with Crippen LogP contribution in [0.25, 0.3) is 0 Å². The summed E-state index contributed by atoms with van der Waals surface area (Å²) < 4.78 is 0. The van der Waals surface area contributed by atoms with Crippen molar-refractivity contribution in [3.63, 3.8) is 0 Å². The van der Waals surface area contributed by atoms with Crippen LogP contribution >= 0.6 is 0 Å². The largest absolute Gasteiger partial charge is 0.508 e. The molecule has 7 nitrogen and oxygen atoms in total. The van der Waals surface area contributed by atoms with E-state index in [4.69, 9.17) is 5.11 Å². The van der Waals surface area contributed by atoms with Crippen LogP contribution in [0.5, 0.6) is 11.5 Å². The van der Waals surface area contributed by atoms with Crippen molar-refractivity contribution in [1.29, 1.82) is 0 Å². The number of nitrogens with zero attached hydrogens (tertiary/aromatic N) is 1. The Balaban J connectivity index is 2.16. The highest BCUT2D eigenvalue weighted by atomic mass is 16.4. The van der Waals surface area contributed by atoms with Crippen molar-refractivity contribution in [2.24, 2.45) is 0 Å². The Morgan fingerprint density at radius 1 is 1.05 bits per heavy atom. The molecule has 0 fully saturated rings. The zero-order valence-corrected chi connectivity index (χ0v) is 10.1. The lowest BCUT2D eigenvalue weighted by molar-refractivity contribution is 0.0690. The van der Waals surface area contributed by atoms with Gasteiger partial charge >= 0.3 is 5.97 Å². The van der Waals surface area contributed by atoms with Crippen molar-refractivity contribution in [2.75, 3.05) is 5.32 Å². The third-order valence-electron chi connectivity index (χ3n) is 2.41. The first-order chi connectivity index (χ1) is 9.45. The topological polar surface area (TPSA) is 120 Å². The van der Waals surface area contributed by atoms with Crippen molar-refractivity contribution in [1.82, 2.24) is 4.98 Å². The van der Waals surface area contributed by atoms with E-state index in [9.17, 15) is 19.8 Å². The van der Waals surface area contributed by atoms with Gasteiger partial charge in [0.2, 0.25) is 0 Å². The molecule has 0 atom stereocenters. The highest BCUT2D eigenvalue weighted by Crippen LogP contribution is 2.21. The Morgan fingerprint density at radius 3 is 2.20 bits per heavy atom. The van der Waals surface area contributed by atoms with Crippen LogP contribution in [0.2, 0.25) is 0 Å².